The molecule has 2 unspecified atom stereocenters. The Balaban J connectivity index is 1.80. The van der Waals surface area contributed by atoms with E-state index in [1.54, 1.807) is 0 Å². The van der Waals surface area contributed by atoms with E-state index in [1.165, 1.54) is 43.4 Å². The third kappa shape index (κ3) is 4.63. The summed E-state index contributed by atoms with van der Waals surface area (Å²) in [4.78, 5) is 0. The minimum Gasteiger partial charge on any atom is -0.314 e. The van der Waals surface area contributed by atoms with E-state index < -0.39 is 0 Å². The molecule has 0 saturated carbocycles. The average Bonchev–Trinajstić information content (AvgIpc) is 2.40. The summed E-state index contributed by atoms with van der Waals surface area (Å²) in [6.45, 7) is 7.90. The van der Waals surface area contributed by atoms with Crippen LogP contribution in [-0.4, -0.2) is 18.6 Å². The van der Waals surface area contributed by atoms with Crippen molar-refractivity contribution in [1.82, 2.24) is 10.6 Å². The maximum Gasteiger partial charge on any atom is 0.0294 e. The van der Waals surface area contributed by atoms with Gasteiger partial charge in [0.25, 0.3) is 0 Å². The molecular formula is C17H28N2. The summed E-state index contributed by atoms with van der Waals surface area (Å²) in [5, 5.41) is 7.35. The smallest absolute Gasteiger partial charge is 0.0294 e. The quantitative estimate of drug-likeness (QED) is 0.846. The topological polar surface area (TPSA) is 24.1 Å². The monoisotopic (exact) mass is 260 g/mol. The van der Waals surface area contributed by atoms with Crippen LogP contribution in [0.5, 0.6) is 0 Å². The second kappa shape index (κ2) is 7.06. The lowest BCUT2D eigenvalue weighted by Gasteiger charge is -2.28. The van der Waals surface area contributed by atoms with Gasteiger partial charge in [-0.1, -0.05) is 36.2 Å². The van der Waals surface area contributed by atoms with Gasteiger partial charge in [-0.05, 0) is 52.1 Å². The highest BCUT2D eigenvalue weighted by Gasteiger charge is 2.17. The Labute approximate surface area is 118 Å². The standard InChI is InChI=1S/C17H28N2/c1-13-7-9-16(10-8-13)15(3)19-14(2)12-17-6-4-5-11-18-17/h7-10,14-15,17-19H,4-6,11-12H2,1-3H3/t14?,15-,17?/m0/s1. The Hall–Kier alpha value is -0.860. The lowest BCUT2D eigenvalue weighted by molar-refractivity contribution is 0.334. The zero-order valence-electron chi connectivity index (χ0n) is 12.6. The number of hydrogen-bond acceptors (Lipinski definition) is 2. The summed E-state index contributed by atoms with van der Waals surface area (Å²) >= 11 is 0. The average molecular weight is 260 g/mol. The molecule has 2 rings (SSSR count). The van der Waals surface area contributed by atoms with Gasteiger partial charge in [-0.3, -0.25) is 0 Å². The van der Waals surface area contributed by atoms with Gasteiger partial charge in [0.2, 0.25) is 0 Å². The van der Waals surface area contributed by atoms with Crippen molar-refractivity contribution in [1.29, 1.82) is 0 Å². The summed E-state index contributed by atoms with van der Waals surface area (Å²) in [7, 11) is 0. The van der Waals surface area contributed by atoms with Crippen molar-refractivity contribution in [3.05, 3.63) is 35.4 Å². The van der Waals surface area contributed by atoms with Crippen LogP contribution in [0.4, 0.5) is 0 Å². The first kappa shape index (κ1) is 14.5. The number of aryl methyl sites for hydroxylation is 1. The van der Waals surface area contributed by atoms with E-state index in [0.29, 0.717) is 18.1 Å². The van der Waals surface area contributed by atoms with Crippen molar-refractivity contribution in [3.8, 4) is 0 Å². The largest absolute Gasteiger partial charge is 0.314 e. The number of nitrogens with one attached hydrogen (secondary N) is 2. The van der Waals surface area contributed by atoms with E-state index in [9.17, 15) is 0 Å². The molecule has 0 aliphatic carbocycles. The minimum atomic E-state index is 0.430. The summed E-state index contributed by atoms with van der Waals surface area (Å²) in [6, 6.07) is 10.6. The molecule has 1 fully saturated rings. The normalized spacial score (nSPS) is 23.0. The second-order valence-electron chi connectivity index (χ2n) is 6.08. The van der Waals surface area contributed by atoms with Gasteiger partial charge >= 0.3 is 0 Å². The zero-order chi connectivity index (χ0) is 13.7. The summed E-state index contributed by atoms with van der Waals surface area (Å²) < 4.78 is 0. The Kier molecular flexibility index (Phi) is 5.41. The van der Waals surface area contributed by atoms with Crippen molar-refractivity contribution in [3.63, 3.8) is 0 Å². The first-order valence-corrected chi connectivity index (χ1v) is 7.71. The lowest BCUT2D eigenvalue weighted by atomic mass is 9.98. The van der Waals surface area contributed by atoms with Crippen LogP contribution in [0.25, 0.3) is 0 Å². The van der Waals surface area contributed by atoms with E-state index >= 15 is 0 Å². The van der Waals surface area contributed by atoms with E-state index in [4.69, 9.17) is 0 Å². The minimum absolute atomic E-state index is 0.430. The molecule has 1 aliphatic rings. The molecule has 0 bridgehead atoms. The maximum absolute atomic E-state index is 3.72. The van der Waals surface area contributed by atoms with E-state index in [-0.39, 0.29) is 0 Å². The van der Waals surface area contributed by atoms with Crippen molar-refractivity contribution < 1.29 is 0 Å². The van der Waals surface area contributed by atoms with E-state index in [2.05, 4.69) is 55.7 Å². The van der Waals surface area contributed by atoms with Gasteiger partial charge < -0.3 is 10.6 Å². The van der Waals surface area contributed by atoms with Gasteiger partial charge in [-0.25, -0.2) is 0 Å². The molecule has 106 valence electrons. The highest BCUT2D eigenvalue weighted by atomic mass is 15.0. The summed E-state index contributed by atoms with van der Waals surface area (Å²) in [5.41, 5.74) is 2.71. The van der Waals surface area contributed by atoms with Gasteiger partial charge in [0.1, 0.15) is 0 Å². The second-order valence-corrected chi connectivity index (χ2v) is 6.08. The van der Waals surface area contributed by atoms with E-state index in [1.807, 2.05) is 0 Å². The number of benzene rings is 1. The predicted molar refractivity (Wildman–Crippen MR) is 82.5 cm³/mol. The Morgan fingerprint density at radius 2 is 1.95 bits per heavy atom. The molecule has 1 aromatic rings. The van der Waals surface area contributed by atoms with Crippen LogP contribution in [0.15, 0.2) is 24.3 Å². The molecular weight excluding hydrogens is 232 g/mol. The van der Waals surface area contributed by atoms with Gasteiger partial charge in [-0.15, -0.1) is 0 Å². The molecule has 2 heteroatoms. The van der Waals surface area contributed by atoms with Crippen molar-refractivity contribution >= 4 is 0 Å². The Bertz CT molecular complexity index is 365. The molecule has 0 amide bonds. The number of rotatable bonds is 5. The first-order valence-electron chi connectivity index (χ1n) is 7.71. The highest BCUT2D eigenvalue weighted by molar-refractivity contribution is 5.23. The van der Waals surface area contributed by atoms with Crippen molar-refractivity contribution in [2.45, 2.75) is 64.6 Å². The number of piperidine rings is 1. The van der Waals surface area contributed by atoms with Crippen LogP contribution in [0.3, 0.4) is 0 Å². The van der Waals surface area contributed by atoms with Crippen LogP contribution in [-0.2, 0) is 0 Å². The molecule has 0 radical (unpaired) electrons. The van der Waals surface area contributed by atoms with Crippen LogP contribution in [0, 0.1) is 6.92 Å². The van der Waals surface area contributed by atoms with Crippen molar-refractivity contribution in [2.75, 3.05) is 6.54 Å². The Morgan fingerprint density at radius 1 is 1.21 bits per heavy atom. The fourth-order valence-corrected chi connectivity index (χ4v) is 3.00. The molecule has 1 heterocycles. The summed E-state index contributed by atoms with van der Waals surface area (Å²) in [6.07, 6.45) is 5.30. The molecule has 0 spiro atoms. The fourth-order valence-electron chi connectivity index (χ4n) is 3.00. The molecule has 1 aromatic carbocycles. The van der Waals surface area contributed by atoms with Gasteiger partial charge in [-0.2, -0.15) is 0 Å². The van der Waals surface area contributed by atoms with Crippen LogP contribution < -0.4 is 10.6 Å². The zero-order valence-corrected chi connectivity index (χ0v) is 12.6. The third-order valence-corrected chi connectivity index (χ3v) is 4.16. The molecule has 2 N–H and O–H groups in total. The molecule has 1 saturated heterocycles. The Morgan fingerprint density at radius 3 is 2.58 bits per heavy atom. The van der Waals surface area contributed by atoms with E-state index in [0.717, 1.165) is 0 Å². The molecule has 3 atom stereocenters. The predicted octanol–water partition coefficient (Wildman–Crippen LogP) is 3.57. The van der Waals surface area contributed by atoms with Gasteiger partial charge in [0.15, 0.2) is 0 Å². The molecule has 0 aromatic heterocycles. The maximum atomic E-state index is 3.72. The van der Waals surface area contributed by atoms with Crippen LogP contribution in [0.2, 0.25) is 0 Å². The fraction of sp³-hybridized carbons (Fsp3) is 0.647. The van der Waals surface area contributed by atoms with Gasteiger partial charge in [0.05, 0.1) is 0 Å². The molecule has 1 aliphatic heterocycles. The SMILES string of the molecule is Cc1ccc([C@H](C)NC(C)CC2CCCCN2)cc1. The van der Waals surface area contributed by atoms with Crippen LogP contribution in [0.1, 0.15) is 56.7 Å². The first-order chi connectivity index (χ1) is 9.15. The lowest BCUT2D eigenvalue weighted by Crippen LogP contribution is -2.40. The molecule has 2 nitrogen and oxygen atoms in total. The third-order valence-electron chi connectivity index (χ3n) is 4.16. The van der Waals surface area contributed by atoms with Gasteiger partial charge in [0, 0.05) is 18.1 Å². The number of hydrogen-bond donors (Lipinski definition) is 2. The highest BCUT2D eigenvalue weighted by Crippen LogP contribution is 2.17. The van der Waals surface area contributed by atoms with Crippen molar-refractivity contribution in [2.24, 2.45) is 0 Å². The molecule has 19 heavy (non-hydrogen) atoms. The van der Waals surface area contributed by atoms with Crippen LogP contribution >= 0.6 is 0 Å². The summed E-state index contributed by atoms with van der Waals surface area (Å²) in [5.74, 6) is 0.